The van der Waals surface area contributed by atoms with E-state index >= 15 is 0 Å². The number of carbonyl (C=O) groups is 1. The average molecular weight is 274 g/mol. The maximum atomic E-state index is 10.9. The van der Waals surface area contributed by atoms with Crippen LogP contribution in [0, 0.1) is 13.8 Å². The van der Waals surface area contributed by atoms with E-state index in [1.807, 2.05) is 38.1 Å². The minimum absolute atomic E-state index is 0.105. The number of carboxylic acids is 1. The summed E-state index contributed by atoms with van der Waals surface area (Å²) < 4.78 is 0. The SMILES string of the molecule is Cc1ccc2c(C)cc(NCC(C)(O)C(=O)O)nc2c1. The molecule has 2 rings (SSSR count). The van der Waals surface area contributed by atoms with Crippen molar-refractivity contribution in [1.82, 2.24) is 4.98 Å². The van der Waals surface area contributed by atoms with Gasteiger partial charge in [0, 0.05) is 5.39 Å². The minimum Gasteiger partial charge on any atom is -0.479 e. The summed E-state index contributed by atoms with van der Waals surface area (Å²) in [6.45, 7) is 5.11. The van der Waals surface area contributed by atoms with Crippen LogP contribution in [0.5, 0.6) is 0 Å². The van der Waals surface area contributed by atoms with Gasteiger partial charge in [0.15, 0.2) is 5.60 Å². The second-order valence-electron chi connectivity index (χ2n) is 5.28. The molecule has 1 unspecified atom stereocenters. The number of nitrogens with zero attached hydrogens (tertiary/aromatic N) is 1. The van der Waals surface area contributed by atoms with E-state index in [2.05, 4.69) is 10.3 Å². The Balaban J connectivity index is 2.30. The first-order valence-electron chi connectivity index (χ1n) is 6.37. The quantitative estimate of drug-likeness (QED) is 0.795. The summed E-state index contributed by atoms with van der Waals surface area (Å²) in [4.78, 5) is 15.3. The van der Waals surface area contributed by atoms with Crippen molar-refractivity contribution >= 4 is 22.7 Å². The lowest BCUT2D eigenvalue weighted by Crippen LogP contribution is -2.41. The number of aromatic nitrogens is 1. The van der Waals surface area contributed by atoms with E-state index in [4.69, 9.17) is 5.11 Å². The van der Waals surface area contributed by atoms with E-state index in [1.165, 1.54) is 6.92 Å². The first kappa shape index (κ1) is 14.3. The molecule has 20 heavy (non-hydrogen) atoms. The number of rotatable bonds is 4. The van der Waals surface area contributed by atoms with Gasteiger partial charge in [-0.15, -0.1) is 0 Å². The first-order valence-corrected chi connectivity index (χ1v) is 6.37. The van der Waals surface area contributed by atoms with Crippen LogP contribution in [-0.4, -0.2) is 33.3 Å². The molecule has 0 bridgehead atoms. The van der Waals surface area contributed by atoms with Gasteiger partial charge in [-0.1, -0.05) is 12.1 Å². The molecule has 0 saturated heterocycles. The molecule has 0 aliphatic rings. The lowest BCUT2D eigenvalue weighted by Gasteiger charge is -2.19. The Hall–Kier alpha value is -2.14. The van der Waals surface area contributed by atoms with E-state index in [0.29, 0.717) is 5.82 Å². The summed E-state index contributed by atoms with van der Waals surface area (Å²) >= 11 is 0. The Bertz CT molecular complexity index is 665. The molecular formula is C15H18N2O3. The summed E-state index contributed by atoms with van der Waals surface area (Å²) in [7, 11) is 0. The van der Waals surface area contributed by atoms with Gasteiger partial charge in [0.2, 0.25) is 0 Å². The number of benzene rings is 1. The van der Waals surface area contributed by atoms with E-state index in [9.17, 15) is 9.90 Å². The molecular weight excluding hydrogens is 256 g/mol. The fraction of sp³-hybridized carbons (Fsp3) is 0.333. The fourth-order valence-electron chi connectivity index (χ4n) is 1.94. The van der Waals surface area contributed by atoms with Crippen LogP contribution >= 0.6 is 0 Å². The molecule has 5 heteroatoms. The van der Waals surface area contributed by atoms with Crippen molar-refractivity contribution in [2.75, 3.05) is 11.9 Å². The number of aliphatic hydroxyl groups is 1. The third-order valence-electron chi connectivity index (χ3n) is 3.25. The van der Waals surface area contributed by atoms with Crippen LogP contribution < -0.4 is 5.32 Å². The van der Waals surface area contributed by atoms with Crippen molar-refractivity contribution in [3.05, 3.63) is 35.4 Å². The van der Waals surface area contributed by atoms with Gasteiger partial charge in [0.25, 0.3) is 0 Å². The largest absolute Gasteiger partial charge is 0.479 e. The van der Waals surface area contributed by atoms with Gasteiger partial charge in [-0.3, -0.25) is 0 Å². The zero-order chi connectivity index (χ0) is 14.9. The number of hydrogen-bond donors (Lipinski definition) is 3. The third kappa shape index (κ3) is 2.88. The van der Waals surface area contributed by atoms with Crippen LogP contribution in [-0.2, 0) is 4.79 Å². The highest BCUT2D eigenvalue weighted by atomic mass is 16.4. The van der Waals surface area contributed by atoms with Gasteiger partial charge >= 0.3 is 5.97 Å². The maximum absolute atomic E-state index is 10.9. The molecule has 0 radical (unpaired) electrons. The highest BCUT2D eigenvalue weighted by Gasteiger charge is 2.29. The van der Waals surface area contributed by atoms with Crippen LogP contribution in [0.4, 0.5) is 5.82 Å². The molecule has 1 aromatic heterocycles. The van der Waals surface area contributed by atoms with Gasteiger partial charge in [-0.25, -0.2) is 9.78 Å². The van der Waals surface area contributed by atoms with Gasteiger partial charge in [0.1, 0.15) is 5.82 Å². The highest BCUT2D eigenvalue weighted by Crippen LogP contribution is 2.21. The molecule has 106 valence electrons. The summed E-state index contributed by atoms with van der Waals surface area (Å²) in [5.74, 6) is -0.708. The van der Waals surface area contributed by atoms with Gasteiger partial charge in [-0.05, 0) is 44.0 Å². The van der Waals surface area contributed by atoms with Gasteiger partial charge in [0.05, 0.1) is 12.1 Å². The van der Waals surface area contributed by atoms with Crippen molar-refractivity contribution < 1.29 is 15.0 Å². The Labute approximate surface area is 117 Å². The maximum Gasteiger partial charge on any atom is 0.337 e. The number of anilines is 1. The molecule has 3 N–H and O–H groups in total. The number of pyridine rings is 1. The molecule has 1 aromatic carbocycles. The topological polar surface area (TPSA) is 82.5 Å². The Kier molecular flexibility index (Phi) is 3.63. The number of aryl methyl sites for hydroxylation is 2. The molecule has 0 amide bonds. The monoisotopic (exact) mass is 274 g/mol. The van der Waals surface area contributed by atoms with Crippen molar-refractivity contribution in [3.8, 4) is 0 Å². The standard InChI is InChI=1S/C15H18N2O3/c1-9-4-5-11-10(2)7-13(17-12(11)6-9)16-8-15(3,20)14(18)19/h4-7,20H,8H2,1-3H3,(H,16,17)(H,18,19). The van der Waals surface area contributed by atoms with Crippen LogP contribution in [0.25, 0.3) is 10.9 Å². The predicted molar refractivity (Wildman–Crippen MR) is 78.0 cm³/mol. The number of aliphatic carboxylic acids is 1. The number of fused-ring (bicyclic) bond motifs is 1. The number of nitrogens with one attached hydrogen (secondary N) is 1. The Morgan fingerprint density at radius 2 is 2.05 bits per heavy atom. The number of carboxylic acid groups (broad SMARTS) is 1. The van der Waals surface area contributed by atoms with Crippen LogP contribution in [0.2, 0.25) is 0 Å². The molecule has 5 nitrogen and oxygen atoms in total. The lowest BCUT2D eigenvalue weighted by molar-refractivity contribution is -0.155. The van der Waals surface area contributed by atoms with Crippen LogP contribution in [0.3, 0.4) is 0 Å². The zero-order valence-electron chi connectivity index (χ0n) is 11.8. The van der Waals surface area contributed by atoms with Gasteiger partial charge in [-0.2, -0.15) is 0 Å². The van der Waals surface area contributed by atoms with Crippen LogP contribution in [0.15, 0.2) is 24.3 Å². The minimum atomic E-state index is -1.82. The molecule has 0 aliphatic carbocycles. The molecule has 0 fully saturated rings. The fourth-order valence-corrected chi connectivity index (χ4v) is 1.94. The summed E-state index contributed by atoms with van der Waals surface area (Å²) in [5.41, 5.74) is 1.19. The van der Waals surface area contributed by atoms with Crippen molar-refractivity contribution in [2.24, 2.45) is 0 Å². The number of hydrogen-bond acceptors (Lipinski definition) is 4. The average Bonchev–Trinajstić information content (AvgIpc) is 2.35. The van der Waals surface area contributed by atoms with Crippen molar-refractivity contribution in [1.29, 1.82) is 0 Å². The molecule has 0 spiro atoms. The van der Waals surface area contributed by atoms with Gasteiger partial charge < -0.3 is 15.5 Å². The molecule has 1 heterocycles. The zero-order valence-corrected chi connectivity index (χ0v) is 11.8. The second-order valence-corrected chi connectivity index (χ2v) is 5.28. The Morgan fingerprint density at radius 3 is 2.70 bits per heavy atom. The molecule has 0 aliphatic heterocycles. The normalized spacial score (nSPS) is 14.0. The molecule has 0 saturated carbocycles. The smallest absolute Gasteiger partial charge is 0.337 e. The Morgan fingerprint density at radius 1 is 1.35 bits per heavy atom. The summed E-state index contributed by atoms with van der Waals surface area (Å²) in [6.07, 6.45) is 0. The van der Waals surface area contributed by atoms with Crippen LogP contribution in [0.1, 0.15) is 18.1 Å². The van der Waals surface area contributed by atoms with E-state index in [1.54, 1.807) is 0 Å². The molecule has 1 atom stereocenters. The predicted octanol–water partition coefficient (Wildman–Crippen LogP) is 2.10. The van der Waals surface area contributed by atoms with E-state index in [0.717, 1.165) is 22.0 Å². The van der Waals surface area contributed by atoms with E-state index in [-0.39, 0.29) is 6.54 Å². The van der Waals surface area contributed by atoms with Crippen molar-refractivity contribution in [2.45, 2.75) is 26.4 Å². The first-order chi connectivity index (χ1) is 9.29. The summed E-state index contributed by atoms with van der Waals surface area (Å²) in [6, 6.07) is 7.86. The summed E-state index contributed by atoms with van der Waals surface area (Å²) in [5, 5.41) is 22.5. The second kappa shape index (κ2) is 5.09. The third-order valence-corrected chi connectivity index (χ3v) is 3.25. The lowest BCUT2D eigenvalue weighted by atomic mass is 10.1. The highest BCUT2D eigenvalue weighted by molar-refractivity contribution is 5.84. The van der Waals surface area contributed by atoms with E-state index < -0.39 is 11.6 Å². The molecule has 2 aromatic rings. The van der Waals surface area contributed by atoms with Crippen molar-refractivity contribution in [3.63, 3.8) is 0 Å².